The maximum Gasteiger partial charge on any atom is 0.0492 e. The molecule has 0 aromatic carbocycles. The van der Waals surface area contributed by atoms with Gasteiger partial charge in [0.1, 0.15) is 0 Å². The summed E-state index contributed by atoms with van der Waals surface area (Å²) in [5, 5.41) is 7.73. The minimum Gasteiger partial charge on any atom is -0.314 e. The van der Waals surface area contributed by atoms with E-state index in [4.69, 9.17) is 0 Å². The molecule has 0 aliphatic carbocycles. The van der Waals surface area contributed by atoms with Crippen molar-refractivity contribution in [3.05, 3.63) is 18.0 Å². The summed E-state index contributed by atoms with van der Waals surface area (Å²) in [6.45, 7) is 3.42. The van der Waals surface area contributed by atoms with Crippen LogP contribution in [0, 0.1) is 5.92 Å². The van der Waals surface area contributed by atoms with E-state index in [1.807, 2.05) is 17.9 Å². The fourth-order valence-corrected chi connectivity index (χ4v) is 2.13. The predicted octanol–water partition coefficient (Wildman–Crippen LogP) is 1.35. The quantitative estimate of drug-likeness (QED) is 0.768. The summed E-state index contributed by atoms with van der Waals surface area (Å²) in [7, 11) is 2.02. The lowest BCUT2D eigenvalue weighted by Crippen LogP contribution is -2.37. The van der Waals surface area contributed by atoms with Gasteiger partial charge in [0.05, 0.1) is 0 Å². The molecule has 1 N–H and O–H groups in total. The van der Waals surface area contributed by atoms with E-state index >= 15 is 0 Å². The Labute approximate surface area is 85.5 Å². The molecule has 78 valence electrons. The van der Waals surface area contributed by atoms with Crippen molar-refractivity contribution in [2.45, 2.75) is 32.2 Å². The van der Waals surface area contributed by atoms with Crippen molar-refractivity contribution in [3.8, 4) is 0 Å². The van der Waals surface area contributed by atoms with Gasteiger partial charge in [0.25, 0.3) is 0 Å². The molecule has 2 unspecified atom stereocenters. The molecule has 1 aromatic heterocycles. The van der Waals surface area contributed by atoms with Crippen LogP contribution in [0.5, 0.6) is 0 Å². The van der Waals surface area contributed by atoms with Gasteiger partial charge in [-0.1, -0.05) is 0 Å². The molecule has 0 spiro atoms. The molecule has 2 atom stereocenters. The van der Waals surface area contributed by atoms with Crippen LogP contribution >= 0.6 is 0 Å². The second-order valence-electron chi connectivity index (χ2n) is 4.40. The number of nitrogens with one attached hydrogen (secondary N) is 1. The molecular formula is C11H19N3. The summed E-state index contributed by atoms with van der Waals surface area (Å²) in [4.78, 5) is 0. The summed E-state index contributed by atoms with van der Waals surface area (Å²) >= 11 is 0. The Morgan fingerprint density at radius 3 is 3.00 bits per heavy atom. The van der Waals surface area contributed by atoms with Gasteiger partial charge in [-0.3, -0.25) is 4.68 Å². The summed E-state index contributed by atoms with van der Waals surface area (Å²) in [6.07, 6.45) is 5.70. The van der Waals surface area contributed by atoms with E-state index in [1.165, 1.54) is 18.5 Å². The molecule has 1 aliphatic rings. The van der Waals surface area contributed by atoms with Gasteiger partial charge < -0.3 is 5.32 Å². The van der Waals surface area contributed by atoms with E-state index in [0.29, 0.717) is 6.04 Å². The largest absolute Gasteiger partial charge is 0.314 e. The molecule has 1 aliphatic heterocycles. The van der Waals surface area contributed by atoms with E-state index in [-0.39, 0.29) is 0 Å². The van der Waals surface area contributed by atoms with Crippen molar-refractivity contribution >= 4 is 0 Å². The van der Waals surface area contributed by atoms with Crippen molar-refractivity contribution in [2.75, 3.05) is 6.54 Å². The third-order valence-electron chi connectivity index (χ3n) is 3.18. The number of nitrogens with zero attached hydrogens (tertiary/aromatic N) is 2. The van der Waals surface area contributed by atoms with Crippen molar-refractivity contribution in [3.63, 3.8) is 0 Å². The van der Waals surface area contributed by atoms with E-state index in [1.54, 1.807) is 0 Å². The van der Waals surface area contributed by atoms with Crippen LogP contribution in [0.4, 0.5) is 0 Å². The molecule has 1 fully saturated rings. The third-order valence-corrected chi connectivity index (χ3v) is 3.18. The average molecular weight is 193 g/mol. The van der Waals surface area contributed by atoms with Crippen LogP contribution in [-0.4, -0.2) is 22.4 Å². The molecule has 3 nitrogen and oxygen atoms in total. The van der Waals surface area contributed by atoms with Crippen LogP contribution in [0.15, 0.2) is 12.3 Å². The number of rotatable bonds is 2. The Kier molecular flexibility index (Phi) is 2.87. The smallest absolute Gasteiger partial charge is 0.0492 e. The minimum absolute atomic E-state index is 0.706. The van der Waals surface area contributed by atoms with Crippen molar-refractivity contribution in [1.82, 2.24) is 15.1 Å². The Morgan fingerprint density at radius 1 is 1.57 bits per heavy atom. The molecule has 2 rings (SSSR count). The average Bonchev–Trinajstić information content (AvgIpc) is 2.56. The molecule has 1 saturated heterocycles. The molecule has 0 amide bonds. The summed E-state index contributed by atoms with van der Waals surface area (Å²) < 4.78 is 1.98. The first-order chi connectivity index (χ1) is 6.75. The maximum atomic E-state index is 4.19. The topological polar surface area (TPSA) is 29.9 Å². The molecule has 2 heterocycles. The molecule has 0 saturated carbocycles. The fraction of sp³-hybridized carbons (Fsp3) is 0.727. The van der Waals surface area contributed by atoms with Gasteiger partial charge in [-0.2, -0.15) is 5.10 Å². The second kappa shape index (κ2) is 4.13. The first kappa shape index (κ1) is 9.71. The van der Waals surface area contributed by atoms with Gasteiger partial charge in [-0.05, 0) is 44.7 Å². The lowest BCUT2D eigenvalue weighted by atomic mass is 9.91. The van der Waals surface area contributed by atoms with Gasteiger partial charge in [0.15, 0.2) is 0 Å². The van der Waals surface area contributed by atoms with Gasteiger partial charge >= 0.3 is 0 Å². The monoisotopic (exact) mass is 193 g/mol. The highest BCUT2D eigenvalue weighted by molar-refractivity contribution is 5.01. The zero-order chi connectivity index (χ0) is 9.97. The highest BCUT2D eigenvalue weighted by Crippen LogP contribution is 2.18. The number of hydrogen-bond acceptors (Lipinski definition) is 2. The lowest BCUT2D eigenvalue weighted by Gasteiger charge is -2.27. The molecule has 0 radical (unpaired) electrons. The maximum absolute atomic E-state index is 4.19. The summed E-state index contributed by atoms with van der Waals surface area (Å²) in [5.41, 5.74) is 1.35. The van der Waals surface area contributed by atoms with Crippen molar-refractivity contribution in [1.29, 1.82) is 0 Å². The first-order valence-electron chi connectivity index (χ1n) is 5.46. The Balaban J connectivity index is 1.89. The van der Waals surface area contributed by atoms with Gasteiger partial charge in [0.2, 0.25) is 0 Å². The zero-order valence-corrected chi connectivity index (χ0v) is 9.03. The van der Waals surface area contributed by atoms with Gasteiger partial charge in [-0.15, -0.1) is 0 Å². The first-order valence-corrected chi connectivity index (χ1v) is 5.46. The van der Waals surface area contributed by atoms with Gasteiger partial charge in [0, 0.05) is 25.0 Å². The summed E-state index contributed by atoms with van der Waals surface area (Å²) in [5.74, 6) is 0.793. The number of aryl methyl sites for hydroxylation is 1. The molecular weight excluding hydrogens is 174 g/mol. The predicted molar refractivity (Wildman–Crippen MR) is 57.1 cm³/mol. The summed E-state index contributed by atoms with van der Waals surface area (Å²) in [6, 6.07) is 2.83. The Hall–Kier alpha value is -0.830. The van der Waals surface area contributed by atoms with Crippen LogP contribution in [0.1, 0.15) is 25.5 Å². The molecule has 14 heavy (non-hydrogen) atoms. The lowest BCUT2D eigenvalue weighted by molar-refractivity contribution is 0.318. The van der Waals surface area contributed by atoms with Crippen LogP contribution < -0.4 is 5.32 Å². The Morgan fingerprint density at radius 2 is 2.43 bits per heavy atom. The second-order valence-corrected chi connectivity index (χ2v) is 4.40. The molecule has 1 aromatic rings. The van der Waals surface area contributed by atoms with Crippen molar-refractivity contribution in [2.24, 2.45) is 13.0 Å². The van der Waals surface area contributed by atoms with Crippen molar-refractivity contribution < 1.29 is 0 Å². The SMILES string of the molecule is CC1CCC(Cc2ccnn2C)CN1. The van der Waals surface area contributed by atoms with Crippen LogP contribution in [0.3, 0.4) is 0 Å². The third kappa shape index (κ3) is 2.15. The normalized spacial score (nSPS) is 27.9. The fourth-order valence-electron chi connectivity index (χ4n) is 2.13. The molecule has 3 heteroatoms. The zero-order valence-electron chi connectivity index (χ0n) is 9.03. The van der Waals surface area contributed by atoms with E-state index in [2.05, 4.69) is 23.4 Å². The van der Waals surface area contributed by atoms with Crippen LogP contribution in [-0.2, 0) is 13.5 Å². The van der Waals surface area contributed by atoms with Crippen LogP contribution in [0.25, 0.3) is 0 Å². The van der Waals surface area contributed by atoms with E-state index in [0.717, 1.165) is 18.9 Å². The highest BCUT2D eigenvalue weighted by Gasteiger charge is 2.18. The van der Waals surface area contributed by atoms with Crippen LogP contribution in [0.2, 0.25) is 0 Å². The van der Waals surface area contributed by atoms with Gasteiger partial charge in [-0.25, -0.2) is 0 Å². The molecule has 0 bridgehead atoms. The standard InChI is InChI=1S/C11H19N3/c1-9-3-4-10(8-12-9)7-11-5-6-13-14(11)2/h5-6,9-10,12H,3-4,7-8H2,1-2H3. The number of piperidine rings is 1. The highest BCUT2D eigenvalue weighted by atomic mass is 15.2. The van der Waals surface area contributed by atoms with E-state index in [9.17, 15) is 0 Å². The minimum atomic E-state index is 0.706. The Bertz CT molecular complexity index is 284. The number of aromatic nitrogens is 2. The number of hydrogen-bond donors (Lipinski definition) is 1. The van der Waals surface area contributed by atoms with E-state index < -0.39 is 0 Å².